The summed E-state index contributed by atoms with van der Waals surface area (Å²) in [4.78, 5) is 4.25. The van der Waals surface area contributed by atoms with Crippen LogP contribution in [0.5, 0.6) is 0 Å². The molecule has 3 rings (SSSR count). The zero-order chi connectivity index (χ0) is 11.8. The lowest BCUT2D eigenvalue weighted by molar-refractivity contribution is -0.670. The largest absolute Gasteiger partial charge is 0.423 e. The van der Waals surface area contributed by atoms with E-state index in [0.717, 1.165) is 5.52 Å². The summed E-state index contributed by atoms with van der Waals surface area (Å²) in [6.07, 6.45) is 3.75. The second kappa shape index (κ2) is 3.55. The molecular formula is C10H10N5O2+. The van der Waals surface area contributed by atoms with Crippen molar-refractivity contribution in [2.75, 3.05) is 5.32 Å². The van der Waals surface area contributed by atoms with E-state index < -0.39 is 0 Å². The smallest absolute Gasteiger partial charge is 0.323 e. The van der Waals surface area contributed by atoms with Crippen LogP contribution >= 0.6 is 0 Å². The van der Waals surface area contributed by atoms with Gasteiger partial charge in [-0.2, -0.15) is 4.98 Å². The Morgan fingerprint density at radius 2 is 2.12 bits per heavy atom. The van der Waals surface area contributed by atoms with Crippen LogP contribution in [0.4, 0.5) is 12.0 Å². The Labute approximate surface area is 96.1 Å². The van der Waals surface area contributed by atoms with Crippen LogP contribution in [0.2, 0.25) is 0 Å². The van der Waals surface area contributed by atoms with Gasteiger partial charge in [0.05, 0.1) is 0 Å². The van der Waals surface area contributed by atoms with Crippen LogP contribution in [0.3, 0.4) is 0 Å². The minimum atomic E-state index is 0.262. The Balaban J connectivity index is 1.95. The highest BCUT2D eigenvalue weighted by Gasteiger charge is 2.11. The van der Waals surface area contributed by atoms with Gasteiger partial charge in [0.25, 0.3) is 0 Å². The maximum Gasteiger partial charge on any atom is 0.323 e. The third-order valence-corrected chi connectivity index (χ3v) is 2.21. The summed E-state index contributed by atoms with van der Waals surface area (Å²) in [5, 5.41) is 10.3. The molecule has 0 spiro atoms. The van der Waals surface area contributed by atoms with Crippen molar-refractivity contribution in [3.05, 3.63) is 24.4 Å². The zero-order valence-electron chi connectivity index (χ0n) is 9.34. The van der Waals surface area contributed by atoms with Crippen molar-refractivity contribution < 1.29 is 13.4 Å². The highest BCUT2D eigenvalue weighted by atomic mass is 16.4. The molecule has 0 amide bonds. The van der Waals surface area contributed by atoms with Gasteiger partial charge in [-0.1, -0.05) is 5.10 Å². The van der Waals surface area contributed by atoms with Crippen LogP contribution in [0.15, 0.2) is 27.3 Å². The van der Waals surface area contributed by atoms with Crippen molar-refractivity contribution in [3.8, 4) is 0 Å². The topological polar surface area (TPSA) is 80.9 Å². The van der Waals surface area contributed by atoms with Crippen LogP contribution in [0.25, 0.3) is 11.1 Å². The number of oxazole rings is 1. The monoisotopic (exact) mass is 232 g/mol. The van der Waals surface area contributed by atoms with E-state index in [-0.39, 0.29) is 6.01 Å². The molecule has 0 aliphatic rings. The molecule has 0 radical (unpaired) electrons. The van der Waals surface area contributed by atoms with Crippen LogP contribution in [0, 0.1) is 6.92 Å². The minimum Gasteiger partial charge on any atom is -0.423 e. The fraction of sp³-hybridized carbons (Fsp3) is 0.200. The predicted molar refractivity (Wildman–Crippen MR) is 57.5 cm³/mol. The molecule has 0 saturated heterocycles. The van der Waals surface area contributed by atoms with Gasteiger partial charge in [0.1, 0.15) is 7.05 Å². The quantitative estimate of drug-likeness (QED) is 0.666. The van der Waals surface area contributed by atoms with Crippen molar-refractivity contribution in [2.24, 2.45) is 7.05 Å². The van der Waals surface area contributed by atoms with Gasteiger partial charge in [0.2, 0.25) is 5.89 Å². The van der Waals surface area contributed by atoms with E-state index in [0.29, 0.717) is 17.5 Å². The Bertz CT molecular complexity index is 672. The fourth-order valence-electron chi connectivity index (χ4n) is 1.47. The zero-order valence-corrected chi connectivity index (χ0v) is 9.34. The van der Waals surface area contributed by atoms with Gasteiger partial charge in [-0.15, -0.1) is 5.10 Å². The van der Waals surface area contributed by atoms with E-state index in [9.17, 15) is 0 Å². The van der Waals surface area contributed by atoms with Gasteiger partial charge in [-0.25, -0.2) is 4.57 Å². The third kappa shape index (κ3) is 1.82. The third-order valence-electron chi connectivity index (χ3n) is 2.21. The second-order valence-corrected chi connectivity index (χ2v) is 3.63. The van der Waals surface area contributed by atoms with E-state index in [4.69, 9.17) is 8.83 Å². The van der Waals surface area contributed by atoms with E-state index in [2.05, 4.69) is 20.5 Å². The van der Waals surface area contributed by atoms with E-state index >= 15 is 0 Å². The Hall–Kier alpha value is -2.44. The lowest BCUT2D eigenvalue weighted by atomic mass is 10.4. The number of anilines is 2. The number of nitrogens with zero attached hydrogens (tertiary/aromatic N) is 4. The molecule has 0 unspecified atom stereocenters. The summed E-state index contributed by atoms with van der Waals surface area (Å²) in [6.45, 7) is 1.71. The number of hydrogen-bond donors (Lipinski definition) is 1. The highest BCUT2D eigenvalue weighted by Crippen LogP contribution is 2.19. The van der Waals surface area contributed by atoms with Crippen molar-refractivity contribution in [1.82, 2.24) is 15.2 Å². The first-order valence-corrected chi connectivity index (χ1v) is 5.04. The standard InChI is InChI=1S/C10H10N5O2/c1-6-13-14-10(16-6)12-9-11-7-5-15(2)4-3-8(7)17-9/h3-5H,1-2H3,(H,11,12,14)/q+1. The molecule has 1 N–H and O–H groups in total. The molecule has 86 valence electrons. The number of aryl methyl sites for hydroxylation is 2. The number of nitrogens with one attached hydrogen (secondary N) is 1. The van der Waals surface area contributed by atoms with Crippen molar-refractivity contribution >= 4 is 23.1 Å². The summed E-state index contributed by atoms with van der Waals surface area (Å²) in [5.41, 5.74) is 1.45. The first kappa shape index (κ1) is 9.76. The number of rotatable bonds is 2. The lowest BCUT2D eigenvalue weighted by Crippen LogP contribution is -2.25. The van der Waals surface area contributed by atoms with Crippen LogP contribution < -0.4 is 9.88 Å². The van der Waals surface area contributed by atoms with Crippen molar-refractivity contribution in [3.63, 3.8) is 0 Å². The SMILES string of the molecule is Cc1nnc(Nc2nc3c[n+](C)ccc3o2)o1. The van der Waals surface area contributed by atoms with Gasteiger partial charge in [0, 0.05) is 13.0 Å². The molecular weight excluding hydrogens is 222 g/mol. The van der Waals surface area contributed by atoms with E-state index in [1.807, 2.05) is 30.1 Å². The Morgan fingerprint density at radius 1 is 1.24 bits per heavy atom. The van der Waals surface area contributed by atoms with E-state index in [1.54, 1.807) is 6.92 Å². The van der Waals surface area contributed by atoms with Crippen molar-refractivity contribution in [1.29, 1.82) is 0 Å². The molecule has 7 nitrogen and oxygen atoms in total. The predicted octanol–water partition coefficient (Wildman–Crippen LogP) is 1.09. The molecule has 0 aliphatic carbocycles. The van der Waals surface area contributed by atoms with Crippen molar-refractivity contribution in [2.45, 2.75) is 6.92 Å². The van der Waals surface area contributed by atoms with Gasteiger partial charge in [0.15, 0.2) is 23.5 Å². The molecule has 0 aliphatic heterocycles. The maximum absolute atomic E-state index is 5.47. The average molecular weight is 232 g/mol. The number of pyridine rings is 1. The summed E-state index contributed by atoms with van der Waals surface area (Å²) in [6, 6.07) is 2.43. The summed E-state index contributed by atoms with van der Waals surface area (Å²) >= 11 is 0. The minimum absolute atomic E-state index is 0.262. The lowest BCUT2D eigenvalue weighted by Gasteiger charge is -1.90. The molecule has 0 aromatic carbocycles. The fourth-order valence-corrected chi connectivity index (χ4v) is 1.47. The molecule has 3 heterocycles. The van der Waals surface area contributed by atoms with Crippen LogP contribution in [0.1, 0.15) is 5.89 Å². The van der Waals surface area contributed by atoms with E-state index in [1.165, 1.54) is 0 Å². The number of fused-ring (bicyclic) bond motifs is 1. The molecule has 7 heteroatoms. The molecule has 3 aromatic heterocycles. The summed E-state index contributed by atoms with van der Waals surface area (Å²) < 4.78 is 12.5. The van der Waals surface area contributed by atoms with Gasteiger partial charge in [-0.3, -0.25) is 5.32 Å². The molecule has 0 saturated carbocycles. The van der Waals surface area contributed by atoms with Gasteiger partial charge < -0.3 is 8.83 Å². The van der Waals surface area contributed by atoms with Crippen LogP contribution in [-0.4, -0.2) is 15.2 Å². The first-order chi connectivity index (χ1) is 8.20. The summed E-state index contributed by atoms with van der Waals surface area (Å²) in [7, 11) is 1.92. The number of hydrogen-bond acceptors (Lipinski definition) is 6. The second-order valence-electron chi connectivity index (χ2n) is 3.63. The van der Waals surface area contributed by atoms with Gasteiger partial charge >= 0.3 is 12.0 Å². The maximum atomic E-state index is 5.47. The average Bonchev–Trinajstić information content (AvgIpc) is 2.84. The Kier molecular flexibility index (Phi) is 2.04. The molecule has 0 fully saturated rings. The highest BCUT2D eigenvalue weighted by molar-refractivity contribution is 5.72. The molecule has 17 heavy (non-hydrogen) atoms. The Morgan fingerprint density at radius 3 is 2.88 bits per heavy atom. The molecule has 0 atom stereocenters. The normalized spacial score (nSPS) is 10.9. The molecule has 0 bridgehead atoms. The number of aromatic nitrogens is 4. The molecule has 3 aromatic rings. The van der Waals surface area contributed by atoms with Crippen LogP contribution in [-0.2, 0) is 7.05 Å². The summed E-state index contributed by atoms with van der Waals surface area (Å²) in [5.74, 6) is 0.481. The first-order valence-electron chi connectivity index (χ1n) is 5.04. The van der Waals surface area contributed by atoms with Gasteiger partial charge in [-0.05, 0) is 0 Å².